The van der Waals surface area contributed by atoms with Gasteiger partial charge < -0.3 is 5.11 Å². The molecular formula is C15H14Cl2O. The van der Waals surface area contributed by atoms with E-state index in [4.69, 9.17) is 23.2 Å². The third-order valence-corrected chi connectivity index (χ3v) is 3.85. The Morgan fingerprint density at radius 2 is 1.78 bits per heavy atom. The molecule has 2 aromatic carbocycles. The topological polar surface area (TPSA) is 20.2 Å². The zero-order chi connectivity index (χ0) is 13.1. The summed E-state index contributed by atoms with van der Waals surface area (Å²) < 4.78 is 0. The fraction of sp³-hybridized carbons (Fsp3) is 0.200. The summed E-state index contributed by atoms with van der Waals surface area (Å²) in [7, 11) is 0. The second-order valence-electron chi connectivity index (χ2n) is 4.29. The smallest absolute Gasteiger partial charge is 0.0833 e. The maximum atomic E-state index is 10.3. The first-order valence-corrected chi connectivity index (χ1v) is 6.51. The lowest BCUT2D eigenvalue weighted by Gasteiger charge is -2.14. The number of halogens is 2. The highest BCUT2D eigenvalue weighted by Crippen LogP contribution is 2.29. The Balaban J connectivity index is 2.24. The van der Waals surface area contributed by atoms with E-state index in [1.165, 1.54) is 0 Å². The van der Waals surface area contributed by atoms with E-state index in [1.807, 2.05) is 43.3 Å². The van der Waals surface area contributed by atoms with Crippen molar-refractivity contribution in [2.24, 2.45) is 0 Å². The van der Waals surface area contributed by atoms with Gasteiger partial charge in [-0.15, -0.1) is 0 Å². The van der Waals surface area contributed by atoms with E-state index in [1.54, 1.807) is 6.07 Å². The van der Waals surface area contributed by atoms with Crippen molar-refractivity contribution in [3.05, 3.63) is 69.2 Å². The molecule has 0 aliphatic carbocycles. The van der Waals surface area contributed by atoms with E-state index in [2.05, 4.69) is 0 Å². The molecule has 0 aliphatic rings. The molecule has 0 spiro atoms. The van der Waals surface area contributed by atoms with Crippen molar-refractivity contribution >= 4 is 23.2 Å². The van der Waals surface area contributed by atoms with E-state index >= 15 is 0 Å². The molecule has 1 nitrogen and oxygen atoms in total. The minimum absolute atomic E-state index is 0.463. The van der Waals surface area contributed by atoms with E-state index < -0.39 is 6.10 Å². The van der Waals surface area contributed by atoms with Gasteiger partial charge in [0, 0.05) is 6.42 Å². The van der Waals surface area contributed by atoms with Gasteiger partial charge in [-0.25, -0.2) is 0 Å². The molecule has 0 radical (unpaired) electrons. The zero-order valence-corrected chi connectivity index (χ0v) is 11.5. The van der Waals surface area contributed by atoms with Crippen LogP contribution >= 0.6 is 23.2 Å². The molecule has 2 aromatic rings. The number of aryl methyl sites for hydroxylation is 1. The maximum Gasteiger partial charge on any atom is 0.0833 e. The first kappa shape index (κ1) is 13.4. The Labute approximate surface area is 117 Å². The van der Waals surface area contributed by atoms with E-state index in [-0.39, 0.29) is 0 Å². The molecule has 0 saturated heterocycles. The number of hydrogen-bond acceptors (Lipinski definition) is 1. The van der Waals surface area contributed by atoms with Gasteiger partial charge in [0.05, 0.1) is 16.1 Å². The van der Waals surface area contributed by atoms with E-state index in [9.17, 15) is 5.11 Å². The average Bonchev–Trinajstić information content (AvgIpc) is 2.35. The highest BCUT2D eigenvalue weighted by atomic mass is 35.5. The second-order valence-corrected chi connectivity index (χ2v) is 5.07. The minimum atomic E-state index is -0.567. The number of aliphatic hydroxyl groups is 1. The summed E-state index contributed by atoms with van der Waals surface area (Å²) in [6.07, 6.45) is -0.105. The van der Waals surface area contributed by atoms with E-state index in [0.717, 1.165) is 16.7 Å². The normalized spacial score (nSPS) is 12.4. The summed E-state index contributed by atoms with van der Waals surface area (Å²) in [6.45, 7) is 1.98. The van der Waals surface area contributed by atoms with Crippen molar-refractivity contribution in [2.75, 3.05) is 0 Å². The third kappa shape index (κ3) is 2.86. The van der Waals surface area contributed by atoms with Crippen LogP contribution in [0.25, 0.3) is 0 Å². The fourth-order valence-corrected chi connectivity index (χ4v) is 2.38. The third-order valence-electron chi connectivity index (χ3n) is 2.99. The van der Waals surface area contributed by atoms with Gasteiger partial charge in [0.25, 0.3) is 0 Å². The van der Waals surface area contributed by atoms with Gasteiger partial charge in [-0.3, -0.25) is 0 Å². The Hall–Kier alpha value is -1.02. The highest BCUT2D eigenvalue weighted by molar-refractivity contribution is 6.42. The second kappa shape index (κ2) is 5.75. The molecule has 18 heavy (non-hydrogen) atoms. The van der Waals surface area contributed by atoms with Gasteiger partial charge in [0.15, 0.2) is 0 Å². The molecule has 0 aliphatic heterocycles. The Morgan fingerprint density at radius 1 is 1.06 bits per heavy atom. The highest BCUT2D eigenvalue weighted by Gasteiger charge is 2.13. The van der Waals surface area contributed by atoms with Crippen molar-refractivity contribution in [2.45, 2.75) is 19.4 Å². The van der Waals surface area contributed by atoms with Crippen molar-refractivity contribution in [1.29, 1.82) is 0 Å². The predicted octanol–water partition coefficient (Wildman–Crippen LogP) is 4.58. The summed E-state index contributed by atoms with van der Waals surface area (Å²) in [6, 6.07) is 13.3. The Kier molecular flexibility index (Phi) is 4.28. The molecule has 0 aromatic heterocycles. The number of benzene rings is 2. The molecule has 0 saturated carbocycles. The van der Waals surface area contributed by atoms with Crippen LogP contribution in [0.5, 0.6) is 0 Å². The van der Waals surface area contributed by atoms with Gasteiger partial charge in [-0.2, -0.15) is 0 Å². The van der Waals surface area contributed by atoms with Gasteiger partial charge >= 0.3 is 0 Å². The molecule has 0 amide bonds. The number of aliphatic hydroxyl groups excluding tert-OH is 1. The summed E-state index contributed by atoms with van der Waals surface area (Å²) in [4.78, 5) is 0. The molecular weight excluding hydrogens is 267 g/mol. The largest absolute Gasteiger partial charge is 0.388 e. The molecule has 3 heteroatoms. The van der Waals surface area contributed by atoms with Crippen LogP contribution in [0.3, 0.4) is 0 Å². The van der Waals surface area contributed by atoms with Crippen LogP contribution in [-0.4, -0.2) is 5.11 Å². The molecule has 0 heterocycles. The summed E-state index contributed by atoms with van der Waals surface area (Å²) in [5.74, 6) is 0. The molecule has 1 N–H and O–H groups in total. The fourth-order valence-electron chi connectivity index (χ4n) is 1.99. The lowest BCUT2D eigenvalue weighted by molar-refractivity contribution is 0.178. The van der Waals surface area contributed by atoms with Crippen LogP contribution in [0.4, 0.5) is 0 Å². The molecule has 2 rings (SSSR count). The first-order valence-electron chi connectivity index (χ1n) is 5.76. The monoisotopic (exact) mass is 280 g/mol. The maximum absolute atomic E-state index is 10.3. The van der Waals surface area contributed by atoms with Crippen LogP contribution < -0.4 is 0 Å². The SMILES string of the molecule is Cc1ccccc1C(O)Cc1cccc(Cl)c1Cl. The quantitative estimate of drug-likeness (QED) is 0.873. The van der Waals surface area contributed by atoms with Crippen molar-refractivity contribution in [3.63, 3.8) is 0 Å². The lowest BCUT2D eigenvalue weighted by Crippen LogP contribution is -2.04. The van der Waals surface area contributed by atoms with Crippen LogP contribution in [0.15, 0.2) is 42.5 Å². The number of hydrogen-bond donors (Lipinski definition) is 1. The van der Waals surface area contributed by atoms with Crippen molar-refractivity contribution in [1.82, 2.24) is 0 Å². The summed E-state index contributed by atoms with van der Waals surface area (Å²) in [5, 5.41) is 11.3. The molecule has 0 fully saturated rings. The van der Waals surface area contributed by atoms with Crippen LogP contribution in [0.1, 0.15) is 22.8 Å². The van der Waals surface area contributed by atoms with E-state index in [0.29, 0.717) is 16.5 Å². The predicted molar refractivity (Wildman–Crippen MR) is 76.3 cm³/mol. The van der Waals surface area contributed by atoms with Gasteiger partial charge in [0.2, 0.25) is 0 Å². The van der Waals surface area contributed by atoms with Gasteiger partial charge in [-0.1, -0.05) is 59.6 Å². The molecule has 94 valence electrons. The average molecular weight is 281 g/mol. The summed E-state index contributed by atoms with van der Waals surface area (Å²) >= 11 is 12.1. The number of rotatable bonds is 3. The molecule has 1 atom stereocenters. The van der Waals surface area contributed by atoms with Crippen LogP contribution in [-0.2, 0) is 6.42 Å². The summed E-state index contributed by atoms with van der Waals surface area (Å²) in [5.41, 5.74) is 2.86. The standard InChI is InChI=1S/C15H14Cl2O/c1-10-5-2-3-7-12(10)14(18)9-11-6-4-8-13(16)15(11)17/h2-8,14,18H,9H2,1H3. The minimum Gasteiger partial charge on any atom is -0.388 e. The Morgan fingerprint density at radius 3 is 2.50 bits per heavy atom. The van der Waals surface area contributed by atoms with Crippen molar-refractivity contribution < 1.29 is 5.11 Å². The van der Waals surface area contributed by atoms with Gasteiger partial charge in [0.1, 0.15) is 0 Å². The first-order chi connectivity index (χ1) is 8.59. The molecule has 0 bridgehead atoms. The van der Waals surface area contributed by atoms with Crippen LogP contribution in [0, 0.1) is 6.92 Å². The van der Waals surface area contributed by atoms with Gasteiger partial charge in [-0.05, 0) is 29.7 Å². The Bertz CT molecular complexity index is 552. The van der Waals surface area contributed by atoms with Crippen LogP contribution in [0.2, 0.25) is 10.0 Å². The molecule has 1 unspecified atom stereocenters. The lowest BCUT2D eigenvalue weighted by atomic mass is 9.98. The zero-order valence-electron chi connectivity index (χ0n) is 10.0. The van der Waals surface area contributed by atoms with Crippen molar-refractivity contribution in [3.8, 4) is 0 Å².